The lowest BCUT2D eigenvalue weighted by atomic mass is 9.98. The molecule has 0 spiro atoms. The van der Waals surface area contributed by atoms with Crippen LogP contribution in [0.3, 0.4) is 0 Å². The van der Waals surface area contributed by atoms with Crippen molar-refractivity contribution in [1.29, 1.82) is 0 Å². The van der Waals surface area contributed by atoms with Crippen molar-refractivity contribution < 1.29 is 14.3 Å². The average molecular weight is 201 g/mol. The number of hydrogen-bond acceptors (Lipinski definition) is 3. The predicted molar refractivity (Wildman–Crippen MR) is 49.4 cm³/mol. The van der Waals surface area contributed by atoms with Gasteiger partial charge in [0, 0.05) is 13.1 Å². The van der Waals surface area contributed by atoms with Crippen molar-refractivity contribution in [2.45, 2.75) is 12.8 Å². The lowest BCUT2D eigenvalue weighted by Crippen LogP contribution is -2.42. The number of nitrogens with zero attached hydrogens (tertiary/aromatic N) is 1. The van der Waals surface area contributed by atoms with E-state index in [9.17, 15) is 9.59 Å². The molecule has 1 aliphatic rings. The Labute approximate surface area is 82.2 Å². The van der Waals surface area contributed by atoms with Gasteiger partial charge in [-0.05, 0) is 18.8 Å². The maximum Gasteiger partial charge on any atom is 0.404 e. The summed E-state index contributed by atoms with van der Waals surface area (Å²) in [5.41, 5.74) is 9.96. The molecule has 6 nitrogen and oxygen atoms in total. The van der Waals surface area contributed by atoms with Crippen LogP contribution in [0.2, 0.25) is 0 Å². The zero-order chi connectivity index (χ0) is 10.6. The summed E-state index contributed by atoms with van der Waals surface area (Å²) < 4.78 is 4.68. The maximum absolute atomic E-state index is 10.8. The van der Waals surface area contributed by atoms with Crippen molar-refractivity contribution in [2.75, 3.05) is 19.7 Å². The Balaban J connectivity index is 2.22. The van der Waals surface area contributed by atoms with Crippen LogP contribution >= 0.6 is 0 Å². The molecule has 1 rings (SSSR count). The van der Waals surface area contributed by atoms with Crippen LogP contribution in [0.5, 0.6) is 0 Å². The van der Waals surface area contributed by atoms with Gasteiger partial charge in [-0.1, -0.05) is 0 Å². The first kappa shape index (κ1) is 10.6. The molecule has 1 fully saturated rings. The van der Waals surface area contributed by atoms with Gasteiger partial charge in [-0.25, -0.2) is 9.59 Å². The van der Waals surface area contributed by atoms with Crippen LogP contribution in [0.15, 0.2) is 0 Å². The minimum absolute atomic E-state index is 0.290. The monoisotopic (exact) mass is 201 g/mol. The number of amides is 3. The maximum atomic E-state index is 10.8. The minimum Gasteiger partial charge on any atom is -0.449 e. The smallest absolute Gasteiger partial charge is 0.404 e. The van der Waals surface area contributed by atoms with Gasteiger partial charge in [0.25, 0.3) is 0 Å². The fraction of sp³-hybridized carbons (Fsp3) is 0.750. The van der Waals surface area contributed by atoms with Crippen LogP contribution in [0.25, 0.3) is 0 Å². The molecule has 3 amide bonds. The van der Waals surface area contributed by atoms with Crippen LogP contribution < -0.4 is 11.5 Å². The lowest BCUT2D eigenvalue weighted by Gasteiger charge is -2.30. The zero-order valence-electron chi connectivity index (χ0n) is 7.94. The molecular formula is C8H15N3O3. The molecule has 1 heterocycles. The third-order valence-electron chi connectivity index (χ3n) is 2.39. The Morgan fingerprint density at radius 3 is 2.29 bits per heavy atom. The number of likely N-dealkylation sites (tertiary alicyclic amines) is 1. The van der Waals surface area contributed by atoms with Gasteiger partial charge in [0.15, 0.2) is 0 Å². The summed E-state index contributed by atoms with van der Waals surface area (Å²) >= 11 is 0. The molecule has 1 aliphatic heterocycles. The highest BCUT2D eigenvalue weighted by Crippen LogP contribution is 2.16. The Morgan fingerprint density at radius 2 is 1.86 bits per heavy atom. The zero-order valence-corrected chi connectivity index (χ0v) is 7.94. The van der Waals surface area contributed by atoms with E-state index in [4.69, 9.17) is 11.5 Å². The highest BCUT2D eigenvalue weighted by atomic mass is 16.5. The summed E-state index contributed by atoms with van der Waals surface area (Å²) in [6, 6.07) is -0.390. The summed E-state index contributed by atoms with van der Waals surface area (Å²) in [4.78, 5) is 22.7. The SMILES string of the molecule is NC(=O)OCC1CCN(C(N)=O)CC1. The highest BCUT2D eigenvalue weighted by molar-refractivity contribution is 5.72. The largest absolute Gasteiger partial charge is 0.449 e. The van der Waals surface area contributed by atoms with E-state index < -0.39 is 6.09 Å². The van der Waals surface area contributed by atoms with Crippen molar-refractivity contribution in [3.8, 4) is 0 Å². The van der Waals surface area contributed by atoms with Crippen LogP contribution in [0.4, 0.5) is 9.59 Å². The van der Waals surface area contributed by atoms with E-state index in [0.29, 0.717) is 19.7 Å². The van der Waals surface area contributed by atoms with Crippen molar-refractivity contribution >= 4 is 12.1 Å². The molecule has 0 aromatic rings. The minimum atomic E-state index is -0.748. The molecule has 1 saturated heterocycles. The van der Waals surface area contributed by atoms with E-state index in [-0.39, 0.29) is 11.9 Å². The summed E-state index contributed by atoms with van der Waals surface area (Å²) in [5, 5.41) is 0. The van der Waals surface area contributed by atoms with E-state index in [1.54, 1.807) is 4.90 Å². The Morgan fingerprint density at radius 1 is 1.29 bits per heavy atom. The number of carbonyl (C=O) groups excluding carboxylic acids is 2. The Bertz CT molecular complexity index is 224. The molecule has 0 aromatic carbocycles. The Kier molecular flexibility index (Phi) is 3.55. The first-order valence-electron chi connectivity index (χ1n) is 4.56. The van der Waals surface area contributed by atoms with Crippen molar-refractivity contribution in [3.63, 3.8) is 0 Å². The third kappa shape index (κ3) is 3.12. The van der Waals surface area contributed by atoms with Gasteiger partial charge in [0.2, 0.25) is 0 Å². The normalized spacial score (nSPS) is 17.9. The van der Waals surface area contributed by atoms with Gasteiger partial charge in [0.1, 0.15) is 0 Å². The molecule has 0 radical (unpaired) electrons. The number of urea groups is 1. The number of piperidine rings is 1. The second-order valence-electron chi connectivity index (χ2n) is 3.40. The first-order valence-corrected chi connectivity index (χ1v) is 4.56. The molecule has 0 atom stereocenters. The van der Waals surface area contributed by atoms with E-state index in [1.165, 1.54) is 0 Å². The Hall–Kier alpha value is -1.46. The summed E-state index contributed by atoms with van der Waals surface area (Å²) in [7, 11) is 0. The second kappa shape index (κ2) is 4.69. The molecule has 0 unspecified atom stereocenters. The van der Waals surface area contributed by atoms with Crippen molar-refractivity contribution in [2.24, 2.45) is 17.4 Å². The fourth-order valence-electron chi connectivity index (χ4n) is 1.52. The second-order valence-corrected chi connectivity index (χ2v) is 3.40. The summed E-state index contributed by atoms with van der Waals surface area (Å²) in [5.74, 6) is 0.290. The summed E-state index contributed by atoms with van der Waals surface area (Å²) in [6.07, 6.45) is 0.856. The quantitative estimate of drug-likeness (QED) is 0.651. The van der Waals surface area contributed by atoms with Crippen LogP contribution in [0.1, 0.15) is 12.8 Å². The van der Waals surface area contributed by atoms with Gasteiger partial charge in [-0.2, -0.15) is 0 Å². The number of rotatable bonds is 2. The number of nitrogens with two attached hydrogens (primary N) is 2. The first-order chi connectivity index (χ1) is 6.59. The van der Waals surface area contributed by atoms with Crippen molar-refractivity contribution in [3.05, 3.63) is 0 Å². The number of carbonyl (C=O) groups is 2. The van der Waals surface area contributed by atoms with Gasteiger partial charge in [-0.15, -0.1) is 0 Å². The number of primary amides is 2. The van der Waals surface area contributed by atoms with E-state index in [2.05, 4.69) is 4.74 Å². The molecule has 0 bridgehead atoms. The molecular weight excluding hydrogens is 186 g/mol. The van der Waals surface area contributed by atoms with Crippen molar-refractivity contribution in [1.82, 2.24) is 4.90 Å². The highest BCUT2D eigenvalue weighted by Gasteiger charge is 2.21. The number of ether oxygens (including phenoxy) is 1. The van der Waals surface area contributed by atoms with Gasteiger partial charge < -0.3 is 21.1 Å². The average Bonchev–Trinajstić information content (AvgIpc) is 2.15. The molecule has 6 heteroatoms. The topological polar surface area (TPSA) is 98.7 Å². The number of hydrogen-bond donors (Lipinski definition) is 2. The van der Waals surface area contributed by atoms with E-state index in [0.717, 1.165) is 12.8 Å². The third-order valence-corrected chi connectivity index (χ3v) is 2.39. The standard InChI is InChI=1S/C8H15N3O3/c9-7(12)11-3-1-6(2-4-11)5-14-8(10)13/h6H,1-5H2,(H2,9,12)(H2,10,13). The molecule has 14 heavy (non-hydrogen) atoms. The molecule has 0 aromatic heterocycles. The molecule has 4 N–H and O–H groups in total. The van der Waals surface area contributed by atoms with E-state index >= 15 is 0 Å². The van der Waals surface area contributed by atoms with Crippen LogP contribution in [-0.4, -0.2) is 36.7 Å². The fourth-order valence-corrected chi connectivity index (χ4v) is 1.52. The van der Waals surface area contributed by atoms with Gasteiger partial charge >= 0.3 is 12.1 Å². The van der Waals surface area contributed by atoms with Gasteiger partial charge in [-0.3, -0.25) is 0 Å². The van der Waals surface area contributed by atoms with Crippen LogP contribution in [-0.2, 0) is 4.74 Å². The molecule has 0 saturated carbocycles. The molecule has 0 aliphatic carbocycles. The molecule has 80 valence electrons. The lowest BCUT2D eigenvalue weighted by molar-refractivity contribution is 0.109. The predicted octanol–water partition coefficient (Wildman–Crippen LogP) is -0.128. The van der Waals surface area contributed by atoms with Crippen LogP contribution in [0, 0.1) is 5.92 Å². The summed E-state index contributed by atoms with van der Waals surface area (Å²) in [6.45, 7) is 1.59. The van der Waals surface area contributed by atoms with E-state index in [1.807, 2.05) is 0 Å². The van der Waals surface area contributed by atoms with Gasteiger partial charge in [0.05, 0.1) is 6.61 Å².